The molecule has 0 saturated heterocycles. The molecule has 0 bridgehead atoms. The van der Waals surface area contributed by atoms with Gasteiger partial charge < -0.3 is 18.6 Å². The highest BCUT2D eigenvalue weighted by Crippen LogP contribution is 2.48. The Kier molecular flexibility index (Phi) is 7.07. The van der Waals surface area contributed by atoms with Gasteiger partial charge in [0.1, 0.15) is 16.7 Å². The maximum Gasteiger partial charge on any atom is 0.227 e. The number of nitrogens with zero attached hydrogens (tertiary/aromatic N) is 3. The van der Waals surface area contributed by atoms with Crippen molar-refractivity contribution in [2.24, 2.45) is 0 Å². The van der Waals surface area contributed by atoms with Gasteiger partial charge in [-0.1, -0.05) is 103 Å². The minimum atomic E-state index is 0.564. The van der Waals surface area contributed by atoms with Crippen LogP contribution in [0.15, 0.2) is 197 Å². The van der Waals surface area contributed by atoms with Crippen molar-refractivity contribution in [2.75, 3.05) is 9.80 Å². The van der Waals surface area contributed by atoms with Gasteiger partial charge in [-0.3, -0.25) is 0 Å². The summed E-state index contributed by atoms with van der Waals surface area (Å²) in [6.07, 6.45) is 0. The van der Waals surface area contributed by atoms with Crippen LogP contribution in [-0.4, -0.2) is 4.98 Å². The third-order valence-corrected chi connectivity index (χ3v) is 9.63. The third kappa shape index (κ3) is 4.98. The zero-order valence-electron chi connectivity index (χ0n) is 28.1. The molecule has 0 aliphatic carbocycles. The summed E-state index contributed by atoms with van der Waals surface area (Å²) in [4.78, 5) is 9.88. The topological polar surface area (TPSA) is 45.7 Å². The van der Waals surface area contributed by atoms with E-state index in [-0.39, 0.29) is 0 Å². The minimum Gasteiger partial charge on any atom is -0.456 e. The van der Waals surface area contributed by atoms with Crippen molar-refractivity contribution in [2.45, 2.75) is 0 Å². The Balaban J connectivity index is 1.29. The molecule has 0 unspecified atom stereocenters. The maximum atomic E-state index is 6.93. The summed E-state index contributed by atoms with van der Waals surface area (Å²) in [5, 5.41) is 4.14. The second-order valence-electron chi connectivity index (χ2n) is 12.8. The van der Waals surface area contributed by atoms with Gasteiger partial charge >= 0.3 is 0 Å². The minimum absolute atomic E-state index is 0.564. The lowest BCUT2D eigenvalue weighted by atomic mass is 10.0. The molecule has 0 saturated carbocycles. The second kappa shape index (κ2) is 12.3. The summed E-state index contributed by atoms with van der Waals surface area (Å²) in [7, 11) is 0. The summed E-state index contributed by atoms with van der Waals surface area (Å²) in [5.41, 5.74) is 10.1. The van der Waals surface area contributed by atoms with Crippen molar-refractivity contribution in [1.82, 2.24) is 4.98 Å². The van der Waals surface area contributed by atoms with Crippen LogP contribution in [-0.2, 0) is 0 Å². The first-order valence-electron chi connectivity index (χ1n) is 17.4. The van der Waals surface area contributed by atoms with Crippen molar-refractivity contribution in [3.05, 3.63) is 188 Å². The van der Waals surface area contributed by atoms with Gasteiger partial charge in [-0.15, -0.1) is 0 Å². The first-order valence-corrected chi connectivity index (χ1v) is 17.4. The third-order valence-electron chi connectivity index (χ3n) is 9.63. The Bertz CT molecular complexity index is 2810. The Labute approximate surface area is 300 Å². The lowest BCUT2D eigenvalue weighted by molar-refractivity contribution is 0.623. The highest BCUT2D eigenvalue weighted by Gasteiger charge is 2.26. The normalized spacial score (nSPS) is 11.5. The SMILES string of the molecule is c1ccc(-c2nc3c(N(c4ccccc4)c4ccc5oc6ccccc6c5c4)cc4cccc(N(c5ccccc5)c5ccccc5)c4c3o2)cc1. The molecule has 10 aromatic rings. The highest BCUT2D eigenvalue weighted by molar-refractivity contribution is 6.17. The maximum absolute atomic E-state index is 6.93. The summed E-state index contributed by atoms with van der Waals surface area (Å²) >= 11 is 0. The predicted molar refractivity (Wildman–Crippen MR) is 214 cm³/mol. The molecule has 8 aromatic carbocycles. The van der Waals surface area contributed by atoms with Crippen LogP contribution in [0.4, 0.5) is 34.1 Å². The standard InChI is InChI=1S/C47H31N3O2/c1-5-16-32(17-6-1)47-48-45-41(50(36-23-11-4-12-24-36)37-28-29-43-39(31-37)38-25-13-14-27-42(38)51-43)30-33-18-15-26-40(44(33)46(45)52-47)49(34-19-7-2-8-20-34)35-21-9-3-10-22-35/h1-31H. The quantitative estimate of drug-likeness (QED) is 0.169. The van der Waals surface area contributed by atoms with Gasteiger partial charge in [0.2, 0.25) is 5.89 Å². The van der Waals surface area contributed by atoms with Gasteiger partial charge in [0, 0.05) is 39.1 Å². The number of hydrogen-bond acceptors (Lipinski definition) is 5. The zero-order chi connectivity index (χ0) is 34.4. The average Bonchev–Trinajstić information content (AvgIpc) is 3.83. The van der Waals surface area contributed by atoms with E-state index in [2.05, 4.69) is 137 Å². The molecule has 0 atom stereocenters. The molecule has 52 heavy (non-hydrogen) atoms. The van der Waals surface area contributed by atoms with Crippen LogP contribution >= 0.6 is 0 Å². The highest BCUT2D eigenvalue weighted by atomic mass is 16.3. The van der Waals surface area contributed by atoms with E-state index < -0.39 is 0 Å². The van der Waals surface area contributed by atoms with Crippen LogP contribution in [0.2, 0.25) is 0 Å². The first kappa shape index (κ1) is 29.8. The molecule has 5 nitrogen and oxygen atoms in total. The van der Waals surface area contributed by atoms with Gasteiger partial charge in [0.25, 0.3) is 0 Å². The number of benzene rings is 8. The average molecular weight is 670 g/mol. The van der Waals surface area contributed by atoms with E-state index in [4.69, 9.17) is 13.8 Å². The van der Waals surface area contributed by atoms with E-state index in [1.807, 2.05) is 60.7 Å². The van der Waals surface area contributed by atoms with Crippen molar-refractivity contribution in [3.63, 3.8) is 0 Å². The number of para-hydroxylation sites is 4. The molecule has 246 valence electrons. The van der Waals surface area contributed by atoms with Gasteiger partial charge in [-0.2, -0.15) is 0 Å². The number of aromatic nitrogens is 1. The second-order valence-corrected chi connectivity index (χ2v) is 12.8. The summed E-state index contributed by atoms with van der Waals surface area (Å²) in [6, 6.07) is 64.8. The molecule has 0 amide bonds. The van der Waals surface area contributed by atoms with Gasteiger partial charge in [-0.05, 0) is 90.3 Å². The van der Waals surface area contributed by atoms with Crippen LogP contribution in [0.5, 0.6) is 0 Å². The largest absolute Gasteiger partial charge is 0.456 e. The number of anilines is 6. The summed E-state index contributed by atoms with van der Waals surface area (Å²) in [6.45, 7) is 0. The molecule has 2 aromatic heterocycles. The fraction of sp³-hybridized carbons (Fsp3) is 0. The fourth-order valence-corrected chi connectivity index (χ4v) is 7.30. The number of fused-ring (bicyclic) bond motifs is 6. The molecular weight excluding hydrogens is 639 g/mol. The van der Waals surface area contributed by atoms with Crippen molar-refractivity contribution >= 4 is 77.9 Å². The first-order chi connectivity index (χ1) is 25.8. The van der Waals surface area contributed by atoms with E-state index in [1.54, 1.807) is 0 Å². The number of rotatable bonds is 7. The molecule has 0 radical (unpaired) electrons. The molecule has 0 spiro atoms. The zero-order valence-corrected chi connectivity index (χ0v) is 28.1. The van der Waals surface area contributed by atoms with Crippen molar-refractivity contribution < 1.29 is 8.83 Å². The molecule has 10 rings (SSSR count). The van der Waals surface area contributed by atoms with Crippen LogP contribution in [0.3, 0.4) is 0 Å². The van der Waals surface area contributed by atoms with E-state index >= 15 is 0 Å². The van der Waals surface area contributed by atoms with Gasteiger partial charge in [0.05, 0.1) is 16.8 Å². The fourth-order valence-electron chi connectivity index (χ4n) is 7.30. The smallest absolute Gasteiger partial charge is 0.227 e. The van der Waals surface area contributed by atoms with E-state index in [9.17, 15) is 0 Å². The van der Waals surface area contributed by atoms with Crippen molar-refractivity contribution in [1.29, 1.82) is 0 Å². The Morgan fingerprint density at radius 3 is 1.65 bits per heavy atom. The lowest BCUT2D eigenvalue weighted by Gasteiger charge is -2.28. The van der Waals surface area contributed by atoms with Crippen LogP contribution in [0.25, 0.3) is 55.3 Å². The molecule has 2 heterocycles. The van der Waals surface area contributed by atoms with Crippen LogP contribution in [0, 0.1) is 0 Å². The molecule has 5 heteroatoms. The predicted octanol–water partition coefficient (Wildman–Crippen LogP) is 13.5. The summed E-state index contributed by atoms with van der Waals surface area (Å²) < 4.78 is 13.2. The van der Waals surface area contributed by atoms with Crippen LogP contribution in [0.1, 0.15) is 0 Å². The number of hydrogen-bond donors (Lipinski definition) is 0. The molecule has 0 aliphatic rings. The van der Waals surface area contributed by atoms with Gasteiger partial charge in [0.15, 0.2) is 5.58 Å². The van der Waals surface area contributed by atoms with E-state index in [1.165, 1.54) is 0 Å². The molecule has 0 fully saturated rings. The Hall–Kier alpha value is -7.11. The molecular formula is C47H31N3O2. The van der Waals surface area contributed by atoms with Gasteiger partial charge in [-0.25, -0.2) is 4.98 Å². The van der Waals surface area contributed by atoms with Crippen molar-refractivity contribution in [3.8, 4) is 11.5 Å². The summed E-state index contributed by atoms with van der Waals surface area (Å²) in [5.74, 6) is 0.564. The van der Waals surface area contributed by atoms with E-state index in [0.29, 0.717) is 5.89 Å². The molecule has 0 N–H and O–H groups in total. The monoisotopic (exact) mass is 669 g/mol. The Morgan fingerprint density at radius 2 is 0.981 bits per heavy atom. The lowest BCUT2D eigenvalue weighted by Crippen LogP contribution is -2.12. The number of oxazole rings is 1. The number of furan rings is 1. The molecule has 0 aliphatic heterocycles. The van der Waals surface area contributed by atoms with Crippen LogP contribution < -0.4 is 9.80 Å². The van der Waals surface area contributed by atoms with E-state index in [0.717, 1.165) is 83.5 Å². The Morgan fingerprint density at radius 1 is 0.404 bits per heavy atom.